The lowest BCUT2D eigenvalue weighted by Crippen LogP contribution is -2.10. The van der Waals surface area contributed by atoms with Crippen molar-refractivity contribution in [3.8, 4) is 0 Å². The van der Waals surface area contributed by atoms with Gasteiger partial charge in [-0.2, -0.15) is 0 Å². The first kappa shape index (κ1) is 14.5. The number of carbonyl (C=O) groups is 1. The molecule has 90 valence electrons. The average molecular weight is 214 g/mol. The van der Waals surface area contributed by atoms with Crippen molar-refractivity contribution in [2.24, 2.45) is 17.8 Å². The Bertz CT molecular complexity index is 177. The molecular formula is C13H26O2. The van der Waals surface area contributed by atoms with Crippen molar-refractivity contribution in [2.45, 2.75) is 59.8 Å². The lowest BCUT2D eigenvalue weighted by atomic mass is 9.90. The van der Waals surface area contributed by atoms with E-state index in [0.29, 0.717) is 0 Å². The molecular weight excluding hydrogens is 188 g/mol. The molecule has 0 amide bonds. The van der Waals surface area contributed by atoms with Crippen LogP contribution < -0.4 is 0 Å². The largest absolute Gasteiger partial charge is 0.481 e. The van der Waals surface area contributed by atoms with Gasteiger partial charge in [-0.25, -0.2) is 0 Å². The van der Waals surface area contributed by atoms with Crippen LogP contribution in [0.2, 0.25) is 0 Å². The summed E-state index contributed by atoms with van der Waals surface area (Å²) in [5, 5.41) is 8.73. The van der Waals surface area contributed by atoms with E-state index in [0.717, 1.165) is 24.7 Å². The maximum absolute atomic E-state index is 10.6. The van der Waals surface area contributed by atoms with Crippen LogP contribution in [0.5, 0.6) is 0 Å². The van der Waals surface area contributed by atoms with Crippen molar-refractivity contribution in [3.63, 3.8) is 0 Å². The molecule has 0 aliphatic heterocycles. The van der Waals surface area contributed by atoms with Gasteiger partial charge < -0.3 is 5.11 Å². The number of carboxylic acids is 1. The normalized spacial score (nSPS) is 17.1. The zero-order valence-electron chi connectivity index (χ0n) is 10.6. The van der Waals surface area contributed by atoms with Gasteiger partial charge in [0, 0.05) is 0 Å². The van der Waals surface area contributed by atoms with Crippen LogP contribution in [0, 0.1) is 17.8 Å². The number of hydrogen-bond donors (Lipinski definition) is 1. The predicted octanol–water partition coefficient (Wildman–Crippen LogP) is 3.95. The third-order valence-electron chi connectivity index (χ3n) is 3.26. The molecule has 3 unspecified atom stereocenters. The van der Waals surface area contributed by atoms with E-state index in [2.05, 4.69) is 20.8 Å². The van der Waals surface area contributed by atoms with E-state index in [4.69, 9.17) is 5.11 Å². The highest BCUT2D eigenvalue weighted by atomic mass is 16.4. The zero-order chi connectivity index (χ0) is 11.8. The summed E-state index contributed by atoms with van der Waals surface area (Å²) in [6.45, 7) is 8.58. The minimum atomic E-state index is -0.662. The van der Waals surface area contributed by atoms with Crippen LogP contribution in [0.15, 0.2) is 0 Å². The lowest BCUT2D eigenvalue weighted by molar-refractivity contribution is -0.141. The summed E-state index contributed by atoms with van der Waals surface area (Å²) in [5.74, 6) is 0.697. The first-order valence-electron chi connectivity index (χ1n) is 6.20. The first-order chi connectivity index (χ1) is 6.97. The van der Waals surface area contributed by atoms with E-state index in [9.17, 15) is 4.79 Å². The Morgan fingerprint density at radius 3 is 2.20 bits per heavy atom. The van der Waals surface area contributed by atoms with Crippen molar-refractivity contribution in [2.75, 3.05) is 0 Å². The Kier molecular flexibility index (Phi) is 7.45. The summed E-state index contributed by atoms with van der Waals surface area (Å²) < 4.78 is 0. The van der Waals surface area contributed by atoms with Gasteiger partial charge in [-0.15, -0.1) is 0 Å². The molecule has 3 atom stereocenters. The molecule has 2 heteroatoms. The number of carboxylic acid groups (broad SMARTS) is 1. The molecule has 0 fully saturated rings. The third-order valence-corrected chi connectivity index (χ3v) is 3.26. The van der Waals surface area contributed by atoms with E-state index >= 15 is 0 Å². The van der Waals surface area contributed by atoms with Gasteiger partial charge in [0.15, 0.2) is 0 Å². The molecule has 15 heavy (non-hydrogen) atoms. The van der Waals surface area contributed by atoms with Gasteiger partial charge in [0.2, 0.25) is 0 Å². The molecule has 1 N–H and O–H groups in total. The standard InChI is InChI=1S/C13H26O2/c1-5-10(2)9-11(3)7-6-8-12(4)13(14)15/h10-12H,5-9H2,1-4H3,(H,14,15). The molecule has 0 saturated carbocycles. The van der Waals surface area contributed by atoms with Gasteiger partial charge in [0.1, 0.15) is 0 Å². The maximum atomic E-state index is 10.6. The molecule has 0 aliphatic carbocycles. The molecule has 0 aliphatic rings. The predicted molar refractivity (Wildman–Crippen MR) is 63.9 cm³/mol. The second kappa shape index (κ2) is 7.72. The molecule has 0 aromatic carbocycles. The lowest BCUT2D eigenvalue weighted by Gasteiger charge is -2.16. The second-order valence-electron chi connectivity index (χ2n) is 5.02. The van der Waals surface area contributed by atoms with Crippen molar-refractivity contribution in [3.05, 3.63) is 0 Å². The van der Waals surface area contributed by atoms with Crippen molar-refractivity contribution < 1.29 is 9.90 Å². The number of aliphatic carboxylic acids is 1. The molecule has 0 bridgehead atoms. The van der Waals surface area contributed by atoms with Crippen LogP contribution in [0.25, 0.3) is 0 Å². The molecule has 0 saturated heterocycles. The van der Waals surface area contributed by atoms with Gasteiger partial charge in [-0.05, 0) is 24.7 Å². The fourth-order valence-corrected chi connectivity index (χ4v) is 1.87. The Labute approximate surface area is 94.1 Å². The van der Waals surface area contributed by atoms with E-state index in [-0.39, 0.29) is 5.92 Å². The van der Waals surface area contributed by atoms with Crippen molar-refractivity contribution >= 4 is 5.97 Å². The van der Waals surface area contributed by atoms with E-state index in [1.807, 2.05) is 0 Å². The minimum absolute atomic E-state index is 0.180. The maximum Gasteiger partial charge on any atom is 0.306 e. The molecule has 0 aromatic heterocycles. The zero-order valence-corrected chi connectivity index (χ0v) is 10.6. The Morgan fingerprint density at radius 1 is 1.13 bits per heavy atom. The molecule has 0 radical (unpaired) electrons. The summed E-state index contributed by atoms with van der Waals surface area (Å²) in [6, 6.07) is 0. The smallest absolute Gasteiger partial charge is 0.306 e. The topological polar surface area (TPSA) is 37.3 Å². The van der Waals surface area contributed by atoms with Gasteiger partial charge >= 0.3 is 5.97 Å². The summed E-state index contributed by atoms with van der Waals surface area (Å²) in [4.78, 5) is 10.6. The van der Waals surface area contributed by atoms with Crippen LogP contribution in [0.3, 0.4) is 0 Å². The van der Waals surface area contributed by atoms with E-state index in [1.165, 1.54) is 19.3 Å². The van der Waals surface area contributed by atoms with Gasteiger partial charge in [-0.3, -0.25) is 4.79 Å². The minimum Gasteiger partial charge on any atom is -0.481 e. The quantitative estimate of drug-likeness (QED) is 0.664. The van der Waals surface area contributed by atoms with Crippen LogP contribution >= 0.6 is 0 Å². The fourth-order valence-electron chi connectivity index (χ4n) is 1.87. The van der Waals surface area contributed by atoms with Gasteiger partial charge in [0.05, 0.1) is 5.92 Å². The van der Waals surface area contributed by atoms with Gasteiger partial charge in [-0.1, -0.05) is 47.0 Å². The summed E-state index contributed by atoms with van der Waals surface area (Å²) in [6.07, 6.45) is 5.56. The summed E-state index contributed by atoms with van der Waals surface area (Å²) in [7, 11) is 0. The van der Waals surface area contributed by atoms with Crippen LogP contribution in [0.1, 0.15) is 59.8 Å². The van der Waals surface area contributed by atoms with Crippen LogP contribution in [0.4, 0.5) is 0 Å². The third kappa shape index (κ3) is 7.40. The Hall–Kier alpha value is -0.530. The van der Waals surface area contributed by atoms with Crippen LogP contribution in [-0.2, 0) is 4.79 Å². The molecule has 0 rings (SSSR count). The fraction of sp³-hybridized carbons (Fsp3) is 0.923. The van der Waals surface area contributed by atoms with E-state index < -0.39 is 5.97 Å². The Balaban J connectivity index is 3.54. The Morgan fingerprint density at radius 2 is 1.73 bits per heavy atom. The summed E-state index contributed by atoms with van der Waals surface area (Å²) in [5.41, 5.74) is 0. The molecule has 0 spiro atoms. The second-order valence-corrected chi connectivity index (χ2v) is 5.02. The van der Waals surface area contributed by atoms with Crippen molar-refractivity contribution in [1.82, 2.24) is 0 Å². The summed E-state index contributed by atoms with van der Waals surface area (Å²) >= 11 is 0. The first-order valence-corrected chi connectivity index (χ1v) is 6.20. The highest BCUT2D eigenvalue weighted by Gasteiger charge is 2.12. The van der Waals surface area contributed by atoms with Crippen molar-refractivity contribution in [1.29, 1.82) is 0 Å². The van der Waals surface area contributed by atoms with Gasteiger partial charge in [0.25, 0.3) is 0 Å². The molecule has 0 heterocycles. The van der Waals surface area contributed by atoms with E-state index in [1.54, 1.807) is 6.92 Å². The number of hydrogen-bond acceptors (Lipinski definition) is 1. The van der Waals surface area contributed by atoms with Crippen LogP contribution in [-0.4, -0.2) is 11.1 Å². The molecule has 2 nitrogen and oxygen atoms in total. The monoisotopic (exact) mass is 214 g/mol. The SMILES string of the molecule is CCC(C)CC(C)CCCC(C)C(=O)O. The molecule has 0 aromatic rings. The average Bonchev–Trinajstić information content (AvgIpc) is 2.17. The highest BCUT2D eigenvalue weighted by Crippen LogP contribution is 2.20. The number of rotatable bonds is 8. The highest BCUT2D eigenvalue weighted by molar-refractivity contribution is 5.69.